The first-order chi connectivity index (χ1) is 22.1. The van der Waals surface area contributed by atoms with E-state index >= 15 is 0 Å². The Labute approximate surface area is 296 Å². The van der Waals surface area contributed by atoms with Gasteiger partial charge >= 0.3 is 0 Å². The standard InChI is InChI=1S/C29H50O2.C15H24O2/c1-20(2)12-9-13-21(3)14-10-15-22(4)16-11-18-29(8)19-17-26-25(7)27(30)23(5)24(6)28(26)31-29;1-14(2,3)12-10(16)8-9-11(17-7)13(12)15(4,5)6/h20-22,30H,9-19H2,1-8H3;8-9,16H,1-7H3/t21?,22?,29-;/m1./s1. The molecule has 0 radical (unpaired) electrons. The van der Waals surface area contributed by atoms with Crippen molar-refractivity contribution in [1.29, 1.82) is 0 Å². The zero-order valence-electron chi connectivity index (χ0n) is 33.9. The van der Waals surface area contributed by atoms with Crippen LogP contribution < -0.4 is 9.47 Å². The first kappa shape index (κ1) is 41.8. The maximum Gasteiger partial charge on any atom is 0.127 e. The summed E-state index contributed by atoms with van der Waals surface area (Å²) in [5.74, 6) is 5.23. The van der Waals surface area contributed by atoms with E-state index in [2.05, 4.69) is 83.1 Å². The van der Waals surface area contributed by atoms with Crippen molar-refractivity contribution in [3.05, 3.63) is 45.5 Å². The molecule has 0 aromatic heterocycles. The number of fused-ring (bicyclic) bond motifs is 1. The molecule has 2 N–H and O–H groups in total. The van der Waals surface area contributed by atoms with Crippen molar-refractivity contribution in [2.45, 2.75) is 184 Å². The van der Waals surface area contributed by atoms with Crippen LogP contribution in [0.15, 0.2) is 12.1 Å². The van der Waals surface area contributed by atoms with Crippen molar-refractivity contribution in [2.24, 2.45) is 17.8 Å². The molecule has 2 aromatic rings. The zero-order chi connectivity index (χ0) is 36.6. The molecule has 0 amide bonds. The Morgan fingerprint density at radius 3 is 1.77 bits per heavy atom. The summed E-state index contributed by atoms with van der Waals surface area (Å²) in [5.41, 5.74) is 6.12. The highest BCUT2D eigenvalue weighted by molar-refractivity contribution is 5.58. The average molecular weight is 667 g/mol. The minimum absolute atomic E-state index is 0.0628. The quantitative estimate of drug-likeness (QED) is 0.223. The van der Waals surface area contributed by atoms with Crippen LogP contribution in [0.5, 0.6) is 23.0 Å². The molecule has 3 atom stereocenters. The number of hydrogen-bond donors (Lipinski definition) is 2. The van der Waals surface area contributed by atoms with Gasteiger partial charge in [0.2, 0.25) is 0 Å². The highest BCUT2D eigenvalue weighted by Gasteiger charge is 2.34. The Balaban J connectivity index is 0.000000397. The van der Waals surface area contributed by atoms with Crippen LogP contribution in [0.25, 0.3) is 0 Å². The lowest BCUT2D eigenvalue weighted by atomic mass is 9.74. The fourth-order valence-electron chi connectivity index (χ4n) is 7.52. The van der Waals surface area contributed by atoms with E-state index < -0.39 is 0 Å². The second kappa shape index (κ2) is 17.5. The van der Waals surface area contributed by atoms with Gasteiger partial charge in [-0.05, 0) is 111 Å². The van der Waals surface area contributed by atoms with E-state index in [4.69, 9.17) is 9.47 Å². The number of phenolic OH excluding ortho intramolecular Hbond substituents is 2. The van der Waals surface area contributed by atoms with Crippen LogP contribution in [0.2, 0.25) is 0 Å². The molecule has 48 heavy (non-hydrogen) atoms. The summed E-state index contributed by atoms with van der Waals surface area (Å²) in [4.78, 5) is 0. The molecule has 0 spiro atoms. The van der Waals surface area contributed by atoms with E-state index in [1.165, 1.54) is 56.9 Å². The summed E-state index contributed by atoms with van der Waals surface area (Å²) >= 11 is 0. The van der Waals surface area contributed by atoms with Gasteiger partial charge in [0, 0.05) is 16.7 Å². The van der Waals surface area contributed by atoms with Crippen LogP contribution in [-0.4, -0.2) is 22.9 Å². The van der Waals surface area contributed by atoms with Crippen molar-refractivity contribution in [1.82, 2.24) is 0 Å². The number of hydrogen-bond acceptors (Lipinski definition) is 4. The third-order valence-electron chi connectivity index (χ3n) is 10.7. The van der Waals surface area contributed by atoms with Gasteiger partial charge in [-0.25, -0.2) is 0 Å². The van der Waals surface area contributed by atoms with Crippen LogP contribution in [0.4, 0.5) is 0 Å². The minimum Gasteiger partial charge on any atom is -0.508 e. The van der Waals surface area contributed by atoms with Crippen LogP contribution in [-0.2, 0) is 17.3 Å². The molecule has 1 aliphatic rings. The molecule has 4 nitrogen and oxygen atoms in total. The number of methoxy groups -OCH3 is 1. The lowest BCUT2D eigenvalue weighted by Gasteiger charge is -2.38. The largest absolute Gasteiger partial charge is 0.508 e. The molecule has 0 saturated heterocycles. The monoisotopic (exact) mass is 667 g/mol. The molecule has 4 heteroatoms. The van der Waals surface area contributed by atoms with Crippen LogP contribution in [0.3, 0.4) is 0 Å². The van der Waals surface area contributed by atoms with Gasteiger partial charge in [0.1, 0.15) is 28.6 Å². The van der Waals surface area contributed by atoms with Gasteiger partial charge in [-0.2, -0.15) is 0 Å². The van der Waals surface area contributed by atoms with Crippen LogP contribution >= 0.6 is 0 Å². The van der Waals surface area contributed by atoms with Gasteiger partial charge < -0.3 is 19.7 Å². The van der Waals surface area contributed by atoms with Crippen molar-refractivity contribution >= 4 is 0 Å². The highest BCUT2D eigenvalue weighted by atomic mass is 16.5. The summed E-state index contributed by atoms with van der Waals surface area (Å²) in [5, 5.41) is 20.5. The maximum atomic E-state index is 10.4. The number of phenols is 2. The molecule has 0 bridgehead atoms. The van der Waals surface area contributed by atoms with Gasteiger partial charge in [0.15, 0.2) is 0 Å². The lowest BCUT2D eigenvalue weighted by Crippen LogP contribution is -2.37. The van der Waals surface area contributed by atoms with Crippen LogP contribution in [0, 0.1) is 38.5 Å². The third kappa shape index (κ3) is 11.6. The summed E-state index contributed by atoms with van der Waals surface area (Å²) in [6.07, 6.45) is 14.1. The van der Waals surface area contributed by atoms with Crippen molar-refractivity contribution in [3.8, 4) is 23.0 Å². The normalized spacial score (nSPS) is 17.7. The van der Waals surface area contributed by atoms with Crippen molar-refractivity contribution in [2.75, 3.05) is 7.11 Å². The van der Waals surface area contributed by atoms with E-state index in [1.807, 2.05) is 19.9 Å². The minimum atomic E-state index is -0.110. The SMILES string of the molecule is COc1ccc(O)c(C(C)(C)C)c1C(C)(C)C.Cc1c(C)c2c(c(C)c1O)CC[C@@](C)(CCCC(C)CCCC(C)CCCC(C)C)O2. The molecule has 1 aliphatic heterocycles. The fraction of sp³-hybridized carbons (Fsp3) is 0.727. The summed E-state index contributed by atoms with van der Waals surface area (Å²) in [6, 6.07) is 3.56. The number of benzene rings is 2. The summed E-state index contributed by atoms with van der Waals surface area (Å²) < 4.78 is 12.1. The highest BCUT2D eigenvalue weighted by Crippen LogP contribution is 2.45. The molecule has 1 heterocycles. The second-order valence-electron chi connectivity index (χ2n) is 18.0. The molecule has 0 fully saturated rings. The Kier molecular flexibility index (Phi) is 15.3. The molecule has 2 aromatic carbocycles. The number of aromatic hydroxyl groups is 2. The Hall–Kier alpha value is -2.36. The topological polar surface area (TPSA) is 58.9 Å². The van der Waals surface area contributed by atoms with E-state index in [-0.39, 0.29) is 16.4 Å². The molecular formula is C44H74O4. The van der Waals surface area contributed by atoms with Gasteiger partial charge in [-0.3, -0.25) is 0 Å². The first-order valence-corrected chi connectivity index (χ1v) is 19.0. The lowest BCUT2D eigenvalue weighted by molar-refractivity contribution is 0.0511. The van der Waals surface area contributed by atoms with Gasteiger partial charge in [-0.1, -0.05) is 114 Å². The molecule has 0 saturated carbocycles. The Morgan fingerprint density at radius 2 is 1.27 bits per heavy atom. The predicted octanol–water partition coefficient (Wildman–Crippen LogP) is 12.8. The summed E-state index contributed by atoms with van der Waals surface area (Å²) in [7, 11) is 1.67. The van der Waals surface area contributed by atoms with Crippen molar-refractivity contribution < 1.29 is 19.7 Å². The predicted molar refractivity (Wildman–Crippen MR) is 206 cm³/mol. The molecular weight excluding hydrogens is 592 g/mol. The Morgan fingerprint density at radius 1 is 0.750 bits per heavy atom. The maximum absolute atomic E-state index is 10.4. The molecule has 2 unspecified atom stereocenters. The van der Waals surface area contributed by atoms with Gasteiger partial charge in [-0.15, -0.1) is 0 Å². The smallest absolute Gasteiger partial charge is 0.127 e. The zero-order valence-corrected chi connectivity index (χ0v) is 33.9. The molecule has 3 rings (SSSR count). The second-order valence-corrected chi connectivity index (χ2v) is 18.0. The first-order valence-electron chi connectivity index (χ1n) is 19.0. The van der Waals surface area contributed by atoms with E-state index in [0.29, 0.717) is 11.5 Å². The third-order valence-corrected chi connectivity index (χ3v) is 10.7. The fourth-order valence-corrected chi connectivity index (χ4v) is 7.52. The summed E-state index contributed by atoms with van der Waals surface area (Å²) in [6.45, 7) is 30.7. The average Bonchev–Trinajstić information content (AvgIpc) is 2.97. The number of rotatable bonds is 13. The van der Waals surface area contributed by atoms with E-state index in [1.54, 1.807) is 13.2 Å². The van der Waals surface area contributed by atoms with E-state index in [0.717, 1.165) is 76.3 Å². The Bertz CT molecular complexity index is 1310. The van der Waals surface area contributed by atoms with Gasteiger partial charge in [0.25, 0.3) is 0 Å². The van der Waals surface area contributed by atoms with Crippen molar-refractivity contribution in [3.63, 3.8) is 0 Å². The van der Waals surface area contributed by atoms with E-state index in [9.17, 15) is 10.2 Å². The van der Waals surface area contributed by atoms with Crippen LogP contribution in [0.1, 0.15) is 174 Å². The van der Waals surface area contributed by atoms with Gasteiger partial charge in [0.05, 0.1) is 7.11 Å². The number of ether oxygens (including phenoxy) is 2. The molecule has 274 valence electrons. The molecule has 0 aliphatic carbocycles.